The zero-order valence-corrected chi connectivity index (χ0v) is 10.4. The van der Waals surface area contributed by atoms with E-state index < -0.39 is 0 Å². The van der Waals surface area contributed by atoms with Gasteiger partial charge in [-0.1, -0.05) is 13.0 Å². The molecule has 90 valence electrons. The molecule has 0 saturated carbocycles. The van der Waals surface area contributed by atoms with Crippen molar-refractivity contribution in [1.29, 1.82) is 0 Å². The summed E-state index contributed by atoms with van der Waals surface area (Å²) >= 11 is 0. The third kappa shape index (κ3) is 2.95. The van der Waals surface area contributed by atoms with Gasteiger partial charge in [0.25, 0.3) is 0 Å². The number of nitrogens with zero attached hydrogens (tertiary/aromatic N) is 1. The third-order valence-corrected chi connectivity index (χ3v) is 2.66. The van der Waals surface area contributed by atoms with Crippen LogP contribution in [0.5, 0.6) is 0 Å². The average molecular weight is 224 g/mol. The first-order valence-electron chi connectivity index (χ1n) is 5.91. The SMILES string of the molecule is CCCN(CC)c1cccc(F)c1CNC. The van der Waals surface area contributed by atoms with E-state index in [4.69, 9.17) is 0 Å². The van der Waals surface area contributed by atoms with Gasteiger partial charge in [-0.3, -0.25) is 0 Å². The highest BCUT2D eigenvalue weighted by atomic mass is 19.1. The van der Waals surface area contributed by atoms with Gasteiger partial charge in [0.05, 0.1) is 0 Å². The van der Waals surface area contributed by atoms with Gasteiger partial charge in [-0.25, -0.2) is 4.39 Å². The Balaban J connectivity index is 3.04. The third-order valence-electron chi connectivity index (χ3n) is 2.66. The molecule has 0 aliphatic carbocycles. The molecule has 1 N–H and O–H groups in total. The molecule has 3 heteroatoms. The molecule has 0 atom stereocenters. The van der Waals surface area contributed by atoms with Gasteiger partial charge in [-0.05, 0) is 32.5 Å². The molecule has 1 aromatic rings. The highest BCUT2D eigenvalue weighted by molar-refractivity contribution is 5.54. The summed E-state index contributed by atoms with van der Waals surface area (Å²) < 4.78 is 13.7. The Hall–Kier alpha value is -1.09. The monoisotopic (exact) mass is 224 g/mol. The van der Waals surface area contributed by atoms with E-state index in [-0.39, 0.29) is 5.82 Å². The van der Waals surface area contributed by atoms with Crippen molar-refractivity contribution in [3.63, 3.8) is 0 Å². The number of hydrogen-bond donors (Lipinski definition) is 1. The number of hydrogen-bond acceptors (Lipinski definition) is 2. The lowest BCUT2D eigenvalue weighted by Gasteiger charge is -2.25. The van der Waals surface area contributed by atoms with Crippen LogP contribution >= 0.6 is 0 Å². The summed E-state index contributed by atoms with van der Waals surface area (Å²) in [5.41, 5.74) is 1.78. The van der Waals surface area contributed by atoms with Crippen molar-refractivity contribution in [2.75, 3.05) is 25.0 Å². The average Bonchev–Trinajstić information content (AvgIpc) is 2.29. The second-order valence-electron chi connectivity index (χ2n) is 3.85. The topological polar surface area (TPSA) is 15.3 Å². The van der Waals surface area contributed by atoms with Crippen molar-refractivity contribution in [2.45, 2.75) is 26.8 Å². The first-order chi connectivity index (χ1) is 7.74. The molecule has 0 aliphatic heterocycles. The molecule has 0 heterocycles. The minimum absolute atomic E-state index is 0.124. The molecule has 1 rings (SSSR count). The van der Waals surface area contributed by atoms with E-state index in [1.165, 1.54) is 6.07 Å². The minimum Gasteiger partial charge on any atom is -0.371 e. The first-order valence-corrected chi connectivity index (χ1v) is 5.91. The van der Waals surface area contributed by atoms with E-state index in [1.54, 1.807) is 6.07 Å². The van der Waals surface area contributed by atoms with Gasteiger partial charge < -0.3 is 10.2 Å². The van der Waals surface area contributed by atoms with E-state index in [9.17, 15) is 4.39 Å². The predicted molar refractivity (Wildman–Crippen MR) is 67.3 cm³/mol. The van der Waals surface area contributed by atoms with E-state index >= 15 is 0 Å². The minimum atomic E-state index is -0.124. The second-order valence-corrected chi connectivity index (χ2v) is 3.85. The summed E-state index contributed by atoms with van der Waals surface area (Å²) in [5, 5.41) is 3.02. The molecule has 0 aliphatic rings. The van der Waals surface area contributed by atoms with Crippen LogP contribution in [0.2, 0.25) is 0 Å². The largest absolute Gasteiger partial charge is 0.371 e. The molecule has 0 amide bonds. The van der Waals surface area contributed by atoms with Crippen molar-refractivity contribution < 1.29 is 4.39 Å². The Labute approximate surface area is 97.5 Å². The molecule has 0 radical (unpaired) electrons. The molecule has 0 bridgehead atoms. The maximum atomic E-state index is 13.7. The lowest BCUT2D eigenvalue weighted by Crippen LogP contribution is -2.26. The summed E-state index contributed by atoms with van der Waals surface area (Å²) in [6.45, 7) is 6.69. The Morgan fingerprint density at radius 2 is 2.06 bits per heavy atom. The van der Waals surface area contributed by atoms with Crippen molar-refractivity contribution in [2.24, 2.45) is 0 Å². The molecule has 0 aromatic heterocycles. The summed E-state index contributed by atoms with van der Waals surface area (Å²) in [5.74, 6) is -0.124. The van der Waals surface area contributed by atoms with Gasteiger partial charge in [-0.2, -0.15) is 0 Å². The van der Waals surface area contributed by atoms with Crippen LogP contribution in [0.15, 0.2) is 18.2 Å². The van der Waals surface area contributed by atoms with Crippen LogP contribution in [0, 0.1) is 5.82 Å². The number of anilines is 1. The fourth-order valence-corrected chi connectivity index (χ4v) is 1.91. The molecule has 0 saturated heterocycles. The van der Waals surface area contributed by atoms with Crippen LogP contribution < -0.4 is 10.2 Å². The van der Waals surface area contributed by atoms with Crippen LogP contribution in [0.4, 0.5) is 10.1 Å². The van der Waals surface area contributed by atoms with E-state index in [2.05, 4.69) is 24.1 Å². The lowest BCUT2D eigenvalue weighted by molar-refractivity contribution is 0.598. The van der Waals surface area contributed by atoms with Gasteiger partial charge in [0.15, 0.2) is 0 Å². The molecule has 2 nitrogen and oxygen atoms in total. The molecule has 1 aromatic carbocycles. The normalized spacial score (nSPS) is 10.5. The summed E-state index contributed by atoms with van der Waals surface area (Å²) in [6.07, 6.45) is 1.07. The van der Waals surface area contributed by atoms with Crippen LogP contribution in [-0.4, -0.2) is 20.1 Å². The highest BCUT2D eigenvalue weighted by Gasteiger charge is 2.12. The van der Waals surface area contributed by atoms with E-state index in [1.807, 2.05) is 13.1 Å². The quantitative estimate of drug-likeness (QED) is 0.799. The van der Waals surface area contributed by atoms with Gasteiger partial charge in [-0.15, -0.1) is 0 Å². The number of halogens is 1. The van der Waals surface area contributed by atoms with Crippen LogP contribution in [0.25, 0.3) is 0 Å². The van der Waals surface area contributed by atoms with Crippen molar-refractivity contribution in [3.05, 3.63) is 29.6 Å². The van der Waals surface area contributed by atoms with E-state index in [0.29, 0.717) is 6.54 Å². The molecule has 0 spiro atoms. The number of benzene rings is 1. The van der Waals surface area contributed by atoms with Crippen molar-refractivity contribution >= 4 is 5.69 Å². The first kappa shape index (κ1) is 13.0. The van der Waals surface area contributed by atoms with Crippen LogP contribution in [0.3, 0.4) is 0 Å². The predicted octanol–water partition coefficient (Wildman–Crippen LogP) is 2.78. The fourth-order valence-electron chi connectivity index (χ4n) is 1.91. The molecular formula is C13H21FN2. The van der Waals surface area contributed by atoms with Gasteiger partial charge >= 0.3 is 0 Å². The molecule has 0 unspecified atom stereocenters. The van der Waals surface area contributed by atoms with Gasteiger partial charge in [0.1, 0.15) is 5.82 Å². The van der Waals surface area contributed by atoms with Crippen molar-refractivity contribution in [3.8, 4) is 0 Å². The maximum absolute atomic E-state index is 13.7. The molecule has 16 heavy (non-hydrogen) atoms. The smallest absolute Gasteiger partial charge is 0.129 e. The summed E-state index contributed by atoms with van der Waals surface area (Å²) in [7, 11) is 1.84. The van der Waals surface area contributed by atoms with Gasteiger partial charge in [0, 0.05) is 30.9 Å². The van der Waals surface area contributed by atoms with E-state index in [0.717, 1.165) is 30.8 Å². The standard InChI is InChI=1S/C13H21FN2/c1-4-9-16(5-2)13-8-6-7-12(14)11(13)10-15-3/h6-8,15H,4-5,9-10H2,1-3H3. The van der Waals surface area contributed by atoms with Gasteiger partial charge in [0.2, 0.25) is 0 Å². The number of nitrogens with one attached hydrogen (secondary N) is 1. The summed E-state index contributed by atoms with van der Waals surface area (Å²) in [6, 6.07) is 5.30. The van der Waals surface area contributed by atoms with Crippen LogP contribution in [0.1, 0.15) is 25.8 Å². The zero-order chi connectivity index (χ0) is 12.0. The second kappa shape index (κ2) is 6.48. The Bertz CT molecular complexity index is 326. The van der Waals surface area contributed by atoms with Crippen molar-refractivity contribution in [1.82, 2.24) is 5.32 Å². The molecule has 0 fully saturated rings. The maximum Gasteiger partial charge on any atom is 0.129 e. The highest BCUT2D eigenvalue weighted by Crippen LogP contribution is 2.23. The Morgan fingerprint density at radius 3 is 2.62 bits per heavy atom. The Kier molecular flexibility index (Phi) is 5.26. The Morgan fingerprint density at radius 1 is 1.31 bits per heavy atom. The number of rotatable bonds is 6. The molecular weight excluding hydrogens is 203 g/mol. The fraction of sp³-hybridized carbons (Fsp3) is 0.538. The zero-order valence-electron chi connectivity index (χ0n) is 10.4. The van der Waals surface area contributed by atoms with Crippen LogP contribution in [-0.2, 0) is 6.54 Å². The summed E-state index contributed by atoms with van der Waals surface area (Å²) in [4.78, 5) is 2.22. The lowest BCUT2D eigenvalue weighted by atomic mass is 10.1.